The molecule has 19 heavy (non-hydrogen) atoms. The SMILES string of the molecule is O=C(Nc1ccccc1)N1Cc2ccccc2CO1. The average molecular weight is 254 g/mol. The Morgan fingerprint density at radius 3 is 2.47 bits per heavy atom. The number of hydroxylamine groups is 2. The third kappa shape index (κ3) is 2.58. The third-order valence-electron chi connectivity index (χ3n) is 3.06. The summed E-state index contributed by atoms with van der Waals surface area (Å²) in [4.78, 5) is 17.5. The first-order chi connectivity index (χ1) is 9.33. The summed E-state index contributed by atoms with van der Waals surface area (Å²) in [5, 5.41) is 4.16. The Balaban J connectivity index is 1.70. The zero-order valence-electron chi connectivity index (χ0n) is 10.4. The minimum Gasteiger partial charge on any atom is -0.306 e. The van der Waals surface area contributed by atoms with Gasteiger partial charge in [0.1, 0.15) is 6.61 Å². The van der Waals surface area contributed by atoms with E-state index in [-0.39, 0.29) is 6.03 Å². The molecule has 0 radical (unpaired) electrons. The van der Waals surface area contributed by atoms with Crippen LogP contribution in [0.4, 0.5) is 10.5 Å². The molecule has 2 aromatic carbocycles. The van der Waals surface area contributed by atoms with Gasteiger partial charge in [-0.3, -0.25) is 4.84 Å². The second kappa shape index (κ2) is 5.12. The fourth-order valence-electron chi connectivity index (χ4n) is 2.04. The van der Waals surface area contributed by atoms with Gasteiger partial charge in [-0.2, -0.15) is 5.06 Å². The molecular weight excluding hydrogens is 240 g/mol. The van der Waals surface area contributed by atoms with Gasteiger partial charge < -0.3 is 5.32 Å². The number of nitrogens with zero attached hydrogens (tertiary/aromatic N) is 1. The zero-order chi connectivity index (χ0) is 13.1. The van der Waals surface area contributed by atoms with Gasteiger partial charge in [0.25, 0.3) is 0 Å². The topological polar surface area (TPSA) is 41.6 Å². The number of amides is 2. The maximum Gasteiger partial charge on any atom is 0.346 e. The van der Waals surface area contributed by atoms with E-state index in [9.17, 15) is 4.79 Å². The van der Waals surface area contributed by atoms with Crippen molar-refractivity contribution in [2.45, 2.75) is 13.2 Å². The minimum atomic E-state index is -0.249. The van der Waals surface area contributed by atoms with Crippen LogP contribution in [-0.4, -0.2) is 11.1 Å². The summed E-state index contributed by atoms with van der Waals surface area (Å²) in [7, 11) is 0. The van der Waals surface area contributed by atoms with Gasteiger partial charge in [-0.25, -0.2) is 4.79 Å². The quantitative estimate of drug-likeness (QED) is 0.849. The van der Waals surface area contributed by atoms with Crippen LogP contribution >= 0.6 is 0 Å². The zero-order valence-corrected chi connectivity index (χ0v) is 10.4. The number of anilines is 1. The van der Waals surface area contributed by atoms with Crippen LogP contribution in [0.25, 0.3) is 0 Å². The van der Waals surface area contributed by atoms with Crippen LogP contribution in [0, 0.1) is 0 Å². The lowest BCUT2D eigenvalue weighted by Gasteiger charge is -2.28. The van der Waals surface area contributed by atoms with Gasteiger partial charge in [-0.05, 0) is 23.3 Å². The van der Waals surface area contributed by atoms with Crippen LogP contribution in [0.5, 0.6) is 0 Å². The van der Waals surface area contributed by atoms with E-state index >= 15 is 0 Å². The van der Waals surface area contributed by atoms with Gasteiger partial charge in [0.15, 0.2) is 0 Å². The highest BCUT2D eigenvalue weighted by Gasteiger charge is 2.21. The van der Waals surface area contributed by atoms with Crippen LogP contribution < -0.4 is 5.32 Å². The number of para-hydroxylation sites is 1. The Morgan fingerprint density at radius 1 is 1.00 bits per heavy atom. The largest absolute Gasteiger partial charge is 0.346 e. The highest BCUT2D eigenvalue weighted by molar-refractivity contribution is 5.88. The third-order valence-corrected chi connectivity index (χ3v) is 3.06. The first-order valence-corrected chi connectivity index (χ1v) is 6.16. The number of urea groups is 1. The van der Waals surface area contributed by atoms with E-state index in [1.807, 2.05) is 54.6 Å². The van der Waals surface area contributed by atoms with Crippen LogP contribution in [0.2, 0.25) is 0 Å². The van der Waals surface area contributed by atoms with Crippen molar-refractivity contribution < 1.29 is 9.63 Å². The molecule has 3 rings (SSSR count). The fourth-order valence-corrected chi connectivity index (χ4v) is 2.04. The van der Waals surface area contributed by atoms with E-state index in [0.29, 0.717) is 13.2 Å². The molecule has 0 unspecified atom stereocenters. The van der Waals surface area contributed by atoms with Crippen LogP contribution in [-0.2, 0) is 18.0 Å². The first-order valence-electron chi connectivity index (χ1n) is 6.16. The molecule has 1 aliphatic rings. The Hall–Kier alpha value is -2.33. The average Bonchev–Trinajstić information content (AvgIpc) is 2.48. The fraction of sp³-hybridized carbons (Fsp3) is 0.133. The standard InChI is InChI=1S/C15H14N2O2/c18-15(16-14-8-2-1-3-9-14)17-10-12-6-4-5-7-13(12)11-19-17/h1-9H,10-11H2,(H,16,18). The monoisotopic (exact) mass is 254 g/mol. The van der Waals surface area contributed by atoms with Crippen molar-refractivity contribution >= 4 is 11.7 Å². The van der Waals surface area contributed by atoms with E-state index in [1.54, 1.807) is 0 Å². The Morgan fingerprint density at radius 2 is 1.68 bits per heavy atom. The second-order valence-corrected chi connectivity index (χ2v) is 4.37. The number of fused-ring (bicyclic) bond motifs is 1. The van der Waals surface area contributed by atoms with E-state index < -0.39 is 0 Å². The van der Waals surface area contributed by atoms with Crippen LogP contribution in [0.15, 0.2) is 54.6 Å². The van der Waals surface area contributed by atoms with Crippen LogP contribution in [0.3, 0.4) is 0 Å². The molecule has 0 saturated heterocycles. The van der Waals surface area contributed by atoms with Crippen LogP contribution in [0.1, 0.15) is 11.1 Å². The van der Waals surface area contributed by atoms with Crippen molar-refractivity contribution in [2.75, 3.05) is 5.32 Å². The number of carbonyl (C=O) groups is 1. The predicted molar refractivity (Wildman–Crippen MR) is 72.2 cm³/mol. The van der Waals surface area contributed by atoms with E-state index in [2.05, 4.69) is 5.32 Å². The predicted octanol–water partition coefficient (Wildman–Crippen LogP) is 3.17. The molecule has 0 bridgehead atoms. The molecule has 1 N–H and O–H groups in total. The molecule has 1 aliphatic heterocycles. The molecule has 0 saturated carbocycles. The lowest BCUT2D eigenvalue weighted by molar-refractivity contribution is -0.141. The second-order valence-electron chi connectivity index (χ2n) is 4.37. The number of hydrogen-bond donors (Lipinski definition) is 1. The maximum absolute atomic E-state index is 12.1. The molecule has 4 heteroatoms. The molecular formula is C15H14N2O2. The Kier molecular flexibility index (Phi) is 3.16. The van der Waals surface area contributed by atoms with Crippen molar-refractivity contribution in [3.8, 4) is 0 Å². The van der Waals surface area contributed by atoms with Gasteiger partial charge in [0.2, 0.25) is 0 Å². The maximum atomic E-state index is 12.1. The van der Waals surface area contributed by atoms with Crippen molar-refractivity contribution in [2.24, 2.45) is 0 Å². The summed E-state index contributed by atoms with van der Waals surface area (Å²) >= 11 is 0. The summed E-state index contributed by atoms with van der Waals surface area (Å²) < 4.78 is 0. The molecule has 0 aromatic heterocycles. The van der Waals surface area contributed by atoms with Gasteiger partial charge in [0.05, 0.1) is 6.54 Å². The van der Waals surface area contributed by atoms with Crippen molar-refractivity contribution in [1.29, 1.82) is 0 Å². The smallest absolute Gasteiger partial charge is 0.306 e. The molecule has 2 aromatic rings. The van der Waals surface area contributed by atoms with E-state index in [1.165, 1.54) is 5.06 Å². The molecule has 0 atom stereocenters. The summed E-state index contributed by atoms with van der Waals surface area (Å²) in [6.45, 7) is 0.896. The first kappa shape index (κ1) is 11.7. The summed E-state index contributed by atoms with van der Waals surface area (Å²) in [6, 6.07) is 17.1. The summed E-state index contributed by atoms with van der Waals surface area (Å²) in [5.74, 6) is 0. The number of carbonyl (C=O) groups excluding carboxylic acids is 1. The normalized spacial score (nSPS) is 13.8. The van der Waals surface area contributed by atoms with Gasteiger partial charge >= 0.3 is 6.03 Å². The van der Waals surface area contributed by atoms with Crippen molar-refractivity contribution in [1.82, 2.24) is 5.06 Å². The van der Waals surface area contributed by atoms with Crippen molar-refractivity contribution in [3.63, 3.8) is 0 Å². The van der Waals surface area contributed by atoms with E-state index in [0.717, 1.165) is 16.8 Å². The lowest BCUT2D eigenvalue weighted by Crippen LogP contribution is -2.37. The Labute approximate surface area is 111 Å². The molecule has 0 spiro atoms. The van der Waals surface area contributed by atoms with Gasteiger partial charge in [-0.1, -0.05) is 42.5 Å². The van der Waals surface area contributed by atoms with Crippen molar-refractivity contribution in [3.05, 3.63) is 65.7 Å². The molecule has 96 valence electrons. The molecule has 4 nitrogen and oxygen atoms in total. The molecule has 2 amide bonds. The molecule has 1 heterocycles. The highest BCUT2D eigenvalue weighted by Crippen LogP contribution is 2.20. The summed E-state index contributed by atoms with van der Waals surface area (Å²) in [6.07, 6.45) is 0. The highest BCUT2D eigenvalue weighted by atomic mass is 16.7. The van der Waals surface area contributed by atoms with Gasteiger partial charge in [-0.15, -0.1) is 0 Å². The summed E-state index contributed by atoms with van der Waals surface area (Å²) in [5.41, 5.74) is 3.01. The minimum absolute atomic E-state index is 0.249. The Bertz CT molecular complexity index is 584. The lowest BCUT2D eigenvalue weighted by atomic mass is 10.1. The molecule has 0 fully saturated rings. The van der Waals surface area contributed by atoms with E-state index in [4.69, 9.17) is 4.84 Å². The van der Waals surface area contributed by atoms with Gasteiger partial charge in [0, 0.05) is 5.69 Å². The number of nitrogens with one attached hydrogen (secondary N) is 1. The number of benzene rings is 2. The number of rotatable bonds is 1. The number of hydrogen-bond acceptors (Lipinski definition) is 2. The molecule has 0 aliphatic carbocycles.